The van der Waals surface area contributed by atoms with Crippen molar-refractivity contribution in [1.82, 2.24) is 0 Å². The van der Waals surface area contributed by atoms with Gasteiger partial charge in [0.1, 0.15) is 34.4 Å². The summed E-state index contributed by atoms with van der Waals surface area (Å²) in [6, 6.07) is 11.7. The van der Waals surface area contributed by atoms with Gasteiger partial charge < -0.3 is 28.7 Å². The fourth-order valence-corrected chi connectivity index (χ4v) is 3.24. The Morgan fingerprint density at radius 1 is 0.600 bits per heavy atom. The van der Waals surface area contributed by atoms with E-state index in [0.717, 1.165) is 47.5 Å². The molecule has 1 aliphatic heterocycles. The van der Waals surface area contributed by atoms with Crippen molar-refractivity contribution < 1.29 is 18.9 Å². The van der Waals surface area contributed by atoms with Gasteiger partial charge in [0.2, 0.25) is 0 Å². The van der Waals surface area contributed by atoms with Crippen molar-refractivity contribution in [2.45, 2.75) is 0 Å². The number of hydrogen-bond donors (Lipinski definition) is 0. The summed E-state index contributed by atoms with van der Waals surface area (Å²) < 4.78 is 22.2. The normalized spacial score (nSPS) is 13.8. The van der Waals surface area contributed by atoms with Gasteiger partial charge in [-0.15, -0.1) is 0 Å². The van der Waals surface area contributed by atoms with E-state index in [2.05, 4.69) is 9.80 Å². The monoisotopic (exact) mass is 344 g/mol. The predicted octanol–water partition coefficient (Wildman–Crippen LogP) is 3.01. The molecule has 0 aromatic heterocycles. The largest absolute Gasteiger partial charge is 0.494 e. The van der Waals surface area contributed by atoms with E-state index in [0.29, 0.717) is 6.67 Å². The molecule has 2 aromatic rings. The zero-order valence-electron chi connectivity index (χ0n) is 15.1. The Morgan fingerprint density at radius 2 is 0.920 bits per heavy atom. The molecule has 25 heavy (non-hydrogen) atoms. The molecule has 1 aliphatic rings. The Bertz CT molecular complexity index is 629. The third-order valence-electron chi connectivity index (χ3n) is 4.42. The number of anilines is 2. The van der Waals surface area contributed by atoms with Gasteiger partial charge in [-0.2, -0.15) is 0 Å². The van der Waals surface area contributed by atoms with Crippen LogP contribution in [0, 0.1) is 0 Å². The molecule has 0 unspecified atom stereocenters. The van der Waals surface area contributed by atoms with E-state index >= 15 is 0 Å². The van der Waals surface area contributed by atoms with Crippen molar-refractivity contribution >= 4 is 11.4 Å². The molecular formula is C19H24N2O4. The molecule has 2 aromatic carbocycles. The number of para-hydroxylation sites is 2. The van der Waals surface area contributed by atoms with Crippen LogP contribution in [0.25, 0.3) is 0 Å². The SMILES string of the molecule is COc1cccc(OC)c1N1CCN(c2c(OC)cccc2OC)C1. The molecule has 1 fully saturated rings. The van der Waals surface area contributed by atoms with Gasteiger partial charge in [-0.05, 0) is 24.3 Å². The highest BCUT2D eigenvalue weighted by Crippen LogP contribution is 2.42. The molecule has 0 atom stereocenters. The molecule has 1 heterocycles. The highest BCUT2D eigenvalue weighted by molar-refractivity contribution is 5.73. The maximum Gasteiger partial charge on any atom is 0.146 e. The topological polar surface area (TPSA) is 43.4 Å². The van der Waals surface area contributed by atoms with Crippen LogP contribution in [-0.2, 0) is 0 Å². The molecule has 6 nitrogen and oxygen atoms in total. The summed E-state index contributed by atoms with van der Waals surface area (Å²) in [6.07, 6.45) is 0. The Kier molecular flexibility index (Phi) is 5.07. The molecule has 0 bridgehead atoms. The van der Waals surface area contributed by atoms with Gasteiger partial charge in [0, 0.05) is 13.1 Å². The van der Waals surface area contributed by atoms with Crippen LogP contribution >= 0.6 is 0 Å². The van der Waals surface area contributed by atoms with E-state index < -0.39 is 0 Å². The average Bonchev–Trinajstić information content (AvgIpc) is 3.15. The van der Waals surface area contributed by atoms with E-state index in [4.69, 9.17) is 18.9 Å². The summed E-state index contributed by atoms with van der Waals surface area (Å²) in [5.41, 5.74) is 1.92. The standard InChI is InChI=1S/C19H24N2O4/c1-22-14-7-5-8-15(23-2)18(14)20-11-12-21(13-20)19-16(24-3)9-6-10-17(19)25-4/h5-10H,11-13H2,1-4H3. The molecule has 0 spiro atoms. The highest BCUT2D eigenvalue weighted by atomic mass is 16.5. The minimum Gasteiger partial charge on any atom is -0.494 e. The molecule has 6 heteroatoms. The fourth-order valence-electron chi connectivity index (χ4n) is 3.24. The first kappa shape index (κ1) is 17.1. The Morgan fingerprint density at radius 3 is 1.20 bits per heavy atom. The quantitative estimate of drug-likeness (QED) is 0.803. The average molecular weight is 344 g/mol. The van der Waals surface area contributed by atoms with Crippen LogP contribution in [-0.4, -0.2) is 48.2 Å². The third kappa shape index (κ3) is 3.12. The molecule has 0 radical (unpaired) electrons. The Labute approximate surface area is 148 Å². The van der Waals surface area contributed by atoms with Gasteiger partial charge in [0.25, 0.3) is 0 Å². The maximum absolute atomic E-state index is 5.54. The van der Waals surface area contributed by atoms with E-state index in [1.807, 2.05) is 36.4 Å². The highest BCUT2D eigenvalue weighted by Gasteiger charge is 2.28. The van der Waals surface area contributed by atoms with Gasteiger partial charge in [-0.3, -0.25) is 0 Å². The molecule has 0 N–H and O–H groups in total. The molecule has 0 amide bonds. The number of ether oxygens (including phenoxy) is 4. The van der Waals surface area contributed by atoms with Crippen LogP contribution in [0.15, 0.2) is 36.4 Å². The first-order chi connectivity index (χ1) is 12.2. The van der Waals surface area contributed by atoms with Crippen molar-refractivity contribution in [3.05, 3.63) is 36.4 Å². The van der Waals surface area contributed by atoms with Crippen molar-refractivity contribution in [3.63, 3.8) is 0 Å². The summed E-state index contributed by atoms with van der Waals surface area (Å²) >= 11 is 0. The number of benzene rings is 2. The van der Waals surface area contributed by atoms with E-state index in [9.17, 15) is 0 Å². The van der Waals surface area contributed by atoms with E-state index in [-0.39, 0.29) is 0 Å². The summed E-state index contributed by atoms with van der Waals surface area (Å²) in [6.45, 7) is 2.38. The van der Waals surface area contributed by atoms with Gasteiger partial charge >= 0.3 is 0 Å². The lowest BCUT2D eigenvalue weighted by Crippen LogP contribution is -2.26. The Hall–Kier alpha value is -2.76. The van der Waals surface area contributed by atoms with Crippen LogP contribution in [0.4, 0.5) is 11.4 Å². The fraction of sp³-hybridized carbons (Fsp3) is 0.368. The number of rotatable bonds is 6. The van der Waals surface area contributed by atoms with Crippen molar-refractivity contribution in [1.29, 1.82) is 0 Å². The number of nitrogens with zero attached hydrogens (tertiary/aromatic N) is 2. The zero-order chi connectivity index (χ0) is 17.8. The third-order valence-corrected chi connectivity index (χ3v) is 4.42. The molecular weight excluding hydrogens is 320 g/mol. The number of methoxy groups -OCH3 is 4. The van der Waals surface area contributed by atoms with Gasteiger partial charge in [-0.1, -0.05) is 12.1 Å². The molecule has 134 valence electrons. The molecule has 0 aliphatic carbocycles. The van der Waals surface area contributed by atoms with E-state index in [1.54, 1.807) is 28.4 Å². The van der Waals surface area contributed by atoms with Crippen molar-refractivity contribution in [2.75, 3.05) is 58.0 Å². The Balaban J connectivity index is 1.94. The lowest BCUT2D eigenvalue weighted by molar-refractivity contribution is 0.393. The minimum absolute atomic E-state index is 0.688. The molecule has 0 saturated carbocycles. The second-order valence-electron chi connectivity index (χ2n) is 5.69. The predicted molar refractivity (Wildman–Crippen MR) is 98.7 cm³/mol. The molecule has 1 saturated heterocycles. The van der Waals surface area contributed by atoms with Crippen molar-refractivity contribution in [3.8, 4) is 23.0 Å². The lowest BCUT2D eigenvalue weighted by atomic mass is 10.2. The first-order valence-electron chi connectivity index (χ1n) is 8.15. The van der Waals surface area contributed by atoms with E-state index in [1.165, 1.54) is 0 Å². The zero-order valence-corrected chi connectivity index (χ0v) is 15.1. The van der Waals surface area contributed by atoms with Crippen LogP contribution in [0.2, 0.25) is 0 Å². The summed E-state index contributed by atoms with van der Waals surface area (Å²) in [5.74, 6) is 3.20. The first-order valence-corrected chi connectivity index (χ1v) is 8.15. The second kappa shape index (κ2) is 7.42. The van der Waals surface area contributed by atoms with Crippen LogP contribution in [0.3, 0.4) is 0 Å². The molecule has 3 rings (SSSR count). The maximum atomic E-state index is 5.54. The number of hydrogen-bond acceptors (Lipinski definition) is 6. The van der Waals surface area contributed by atoms with Crippen LogP contribution in [0.5, 0.6) is 23.0 Å². The van der Waals surface area contributed by atoms with Gasteiger partial charge in [-0.25, -0.2) is 0 Å². The minimum atomic E-state index is 0.688. The van der Waals surface area contributed by atoms with Crippen LogP contribution in [0.1, 0.15) is 0 Å². The summed E-state index contributed by atoms with van der Waals surface area (Å²) in [5, 5.41) is 0. The van der Waals surface area contributed by atoms with Gasteiger partial charge in [0.15, 0.2) is 0 Å². The second-order valence-corrected chi connectivity index (χ2v) is 5.69. The van der Waals surface area contributed by atoms with Gasteiger partial charge in [0.05, 0.1) is 35.1 Å². The summed E-state index contributed by atoms with van der Waals surface area (Å²) in [4.78, 5) is 4.48. The smallest absolute Gasteiger partial charge is 0.146 e. The summed E-state index contributed by atoms with van der Waals surface area (Å²) in [7, 11) is 6.70. The lowest BCUT2D eigenvalue weighted by Gasteiger charge is -2.26. The van der Waals surface area contributed by atoms with Crippen LogP contribution < -0.4 is 28.7 Å². The van der Waals surface area contributed by atoms with Crippen molar-refractivity contribution in [2.24, 2.45) is 0 Å².